The summed E-state index contributed by atoms with van der Waals surface area (Å²) in [6.45, 7) is 0.987. The molecule has 0 amide bonds. The van der Waals surface area contributed by atoms with Gasteiger partial charge in [-0.1, -0.05) is 42.5 Å². The Balaban J connectivity index is 1.71. The van der Waals surface area contributed by atoms with Gasteiger partial charge in [-0.05, 0) is 37.0 Å². The third-order valence-electron chi connectivity index (χ3n) is 4.74. The molecular weight excluding hydrogens is 292 g/mol. The molecule has 0 unspecified atom stereocenters. The van der Waals surface area contributed by atoms with Crippen LogP contribution < -0.4 is 9.80 Å². The molecule has 114 valence electrons. The van der Waals surface area contributed by atoms with Crippen molar-refractivity contribution < 1.29 is 0 Å². The Morgan fingerprint density at radius 1 is 0.955 bits per heavy atom. The van der Waals surface area contributed by atoms with Crippen LogP contribution in [0.15, 0.2) is 54.6 Å². The lowest BCUT2D eigenvalue weighted by Gasteiger charge is -2.30. The summed E-state index contributed by atoms with van der Waals surface area (Å²) in [5, 5.41) is 0. The van der Waals surface area contributed by atoms with Crippen LogP contribution in [0, 0.1) is 0 Å². The second kappa shape index (κ2) is 5.85. The van der Waals surface area contributed by atoms with Gasteiger partial charge in [0, 0.05) is 11.9 Å². The zero-order valence-electron chi connectivity index (χ0n) is 12.7. The highest BCUT2D eigenvalue weighted by Gasteiger charge is 2.38. The van der Waals surface area contributed by atoms with Crippen LogP contribution in [0.2, 0.25) is 0 Å². The molecule has 4 rings (SSSR count). The van der Waals surface area contributed by atoms with Crippen LogP contribution in [0.5, 0.6) is 0 Å². The van der Waals surface area contributed by atoms with Gasteiger partial charge in [-0.2, -0.15) is 0 Å². The van der Waals surface area contributed by atoms with E-state index in [2.05, 4.69) is 64.4 Å². The normalized spacial score (nSPS) is 18.4. The van der Waals surface area contributed by atoms with E-state index < -0.39 is 0 Å². The van der Waals surface area contributed by atoms with Crippen LogP contribution in [0.4, 0.5) is 11.4 Å². The molecule has 3 heteroatoms. The van der Waals surface area contributed by atoms with Crippen molar-refractivity contribution in [1.82, 2.24) is 0 Å². The van der Waals surface area contributed by atoms with Crippen molar-refractivity contribution in [3.63, 3.8) is 0 Å². The molecular formula is C19H21ClN2. The van der Waals surface area contributed by atoms with Gasteiger partial charge in [0.25, 0.3) is 0 Å². The SMILES string of the molecule is ClCC[C@@H](c1ccccc1)N1CN(C2CC2)c2ccccc21. The van der Waals surface area contributed by atoms with Crippen LogP contribution in [0.25, 0.3) is 0 Å². The number of halogens is 1. The minimum atomic E-state index is 0.351. The number of nitrogens with zero attached hydrogens (tertiary/aromatic N) is 2. The third kappa shape index (κ3) is 2.46. The molecule has 1 heterocycles. The largest absolute Gasteiger partial charge is 0.349 e. The molecule has 0 N–H and O–H groups in total. The molecule has 2 aromatic carbocycles. The quantitative estimate of drug-likeness (QED) is 0.731. The Morgan fingerprint density at radius 2 is 1.64 bits per heavy atom. The number of hydrogen-bond donors (Lipinski definition) is 0. The van der Waals surface area contributed by atoms with Crippen molar-refractivity contribution >= 4 is 23.0 Å². The molecule has 1 fully saturated rings. The van der Waals surface area contributed by atoms with Crippen molar-refractivity contribution in [3.05, 3.63) is 60.2 Å². The van der Waals surface area contributed by atoms with Crippen molar-refractivity contribution in [3.8, 4) is 0 Å². The fraction of sp³-hybridized carbons (Fsp3) is 0.368. The summed E-state index contributed by atoms with van der Waals surface area (Å²) in [7, 11) is 0. The molecule has 2 nitrogen and oxygen atoms in total. The van der Waals surface area contributed by atoms with Crippen LogP contribution in [0.3, 0.4) is 0 Å². The van der Waals surface area contributed by atoms with Crippen LogP contribution in [0.1, 0.15) is 30.9 Å². The van der Waals surface area contributed by atoms with E-state index >= 15 is 0 Å². The third-order valence-corrected chi connectivity index (χ3v) is 4.95. The maximum atomic E-state index is 6.12. The Kier molecular flexibility index (Phi) is 3.71. The minimum Gasteiger partial charge on any atom is -0.349 e. The fourth-order valence-corrected chi connectivity index (χ4v) is 3.72. The van der Waals surface area contributed by atoms with E-state index in [-0.39, 0.29) is 0 Å². The summed E-state index contributed by atoms with van der Waals surface area (Å²) in [5.41, 5.74) is 4.10. The van der Waals surface area contributed by atoms with Crippen molar-refractivity contribution in [1.29, 1.82) is 0 Å². The van der Waals surface area contributed by atoms with Gasteiger partial charge < -0.3 is 9.80 Å². The first kappa shape index (κ1) is 14.0. The molecule has 2 aromatic rings. The monoisotopic (exact) mass is 312 g/mol. The lowest BCUT2D eigenvalue weighted by Crippen LogP contribution is -2.35. The number of para-hydroxylation sites is 2. The Labute approximate surface area is 137 Å². The molecule has 0 radical (unpaired) electrons. The Morgan fingerprint density at radius 3 is 2.32 bits per heavy atom. The average Bonchev–Trinajstić information content (AvgIpc) is 3.35. The zero-order chi connectivity index (χ0) is 14.9. The lowest BCUT2D eigenvalue weighted by atomic mass is 10.0. The first-order chi connectivity index (χ1) is 10.9. The van der Waals surface area contributed by atoms with E-state index in [4.69, 9.17) is 11.6 Å². The predicted molar refractivity (Wildman–Crippen MR) is 93.8 cm³/mol. The van der Waals surface area contributed by atoms with E-state index in [1.54, 1.807) is 0 Å². The van der Waals surface area contributed by atoms with Gasteiger partial charge in [0.1, 0.15) is 0 Å². The second-order valence-electron chi connectivity index (χ2n) is 6.21. The summed E-state index contributed by atoms with van der Waals surface area (Å²) in [5.74, 6) is 0.682. The molecule has 22 heavy (non-hydrogen) atoms. The molecule has 0 bridgehead atoms. The van der Waals surface area contributed by atoms with E-state index in [0.29, 0.717) is 11.9 Å². The van der Waals surface area contributed by atoms with Gasteiger partial charge in [-0.15, -0.1) is 11.6 Å². The number of rotatable bonds is 5. The predicted octanol–water partition coefficient (Wildman–Crippen LogP) is 4.80. The molecule has 0 spiro atoms. The van der Waals surface area contributed by atoms with Gasteiger partial charge >= 0.3 is 0 Å². The zero-order valence-corrected chi connectivity index (χ0v) is 13.4. The number of fused-ring (bicyclic) bond motifs is 1. The van der Waals surface area contributed by atoms with E-state index in [1.165, 1.54) is 29.8 Å². The lowest BCUT2D eigenvalue weighted by molar-refractivity contribution is 0.608. The maximum absolute atomic E-state index is 6.12. The highest BCUT2D eigenvalue weighted by atomic mass is 35.5. The molecule has 1 atom stereocenters. The molecule has 0 aromatic heterocycles. The summed E-state index contributed by atoms with van der Waals surface area (Å²) in [4.78, 5) is 5.10. The van der Waals surface area contributed by atoms with Gasteiger partial charge in [-0.25, -0.2) is 0 Å². The fourth-order valence-electron chi connectivity index (χ4n) is 3.51. The standard InChI is InChI=1S/C19H21ClN2/c20-13-12-17(15-6-2-1-3-7-15)22-14-21(16-10-11-16)18-8-4-5-9-19(18)22/h1-9,16-17H,10-14H2/t17-/m0/s1. The van der Waals surface area contributed by atoms with E-state index in [1.807, 2.05) is 0 Å². The molecule has 1 saturated carbocycles. The van der Waals surface area contributed by atoms with E-state index in [0.717, 1.165) is 19.1 Å². The number of anilines is 2. The number of benzene rings is 2. The maximum Gasteiger partial charge on any atom is 0.0913 e. The van der Waals surface area contributed by atoms with Gasteiger partial charge in [0.2, 0.25) is 0 Å². The van der Waals surface area contributed by atoms with Crippen molar-refractivity contribution in [2.24, 2.45) is 0 Å². The first-order valence-electron chi connectivity index (χ1n) is 8.11. The average molecular weight is 313 g/mol. The van der Waals surface area contributed by atoms with Gasteiger partial charge in [0.15, 0.2) is 0 Å². The van der Waals surface area contributed by atoms with Gasteiger partial charge in [0.05, 0.1) is 24.1 Å². The molecule has 1 aliphatic carbocycles. The molecule has 1 aliphatic heterocycles. The summed E-state index contributed by atoms with van der Waals surface area (Å²) in [6.07, 6.45) is 3.62. The number of hydrogen-bond acceptors (Lipinski definition) is 2. The topological polar surface area (TPSA) is 6.48 Å². The highest BCUT2D eigenvalue weighted by Crippen LogP contribution is 2.46. The smallest absolute Gasteiger partial charge is 0.0913 e. The first-order valence-corrected chi connectivity index (χ1v) is 8.65. The van der Waals surface area contributed by atoms with Crippen LogP contribution in [-0.4, -0.2) is 18.6 Å². The van der Waals surface area contributed by atoms with Crippen molar-refractivity contribution in [2.45, 2.75) is 31.3 Å². The number of alkyl halides is 1. The van der Waals surface area contributed by atoms with Crippen molar-refractivity contribution in [2.75, 3.05) is 22.3 Å². The van der Waals surface area contributed by atoms with Crippen LogP contribution in [-0.2, 0) is 0 Å². The highest BCUT2D eigenvalue weighted by molar-refractivity contribution is 6.17. The van der Waals surface area contributed by atoms with Gasteiger partial charge in [-0.3, -0.25) is 0 Å². The van der Waals surface area contributed by atoms with E-state index in [9.17, 15) is 0 Å². The summed E-state index contributed by atoms with van der Waals surface area (Å²) >= 11 is 6.12. The summed E-state index contributed by atoms with van der Waals surface area (Å²) in [6, 6.07) is 20.7. The molecule has 2 aliphatic rings. The minimum absolute atomic E-state index is 0.351. The van der Waals surface area contributed by atoms with Crippen LogP contribution >= 0.6 is 11.6 Å². The second-order valence-corrected chi connectivity index (χ2v) is 6.58. The Bertz CT molecular complexity index is 639. The Hall–Kier alpha value is -1.67. The molecule has 0 saturated heterocycles. The summed E-state index contributed by atoms with van der Waals surface area (Å²) < 4.78 is 0.